The van der Waals surface area contributed by atoms with Gasteiger partial charge in [0.1, 0.15) is 5.69 Å². The normalized spacial score (nSPS) is 15.4. The van der Waals surface area contributed by atoms with Gasteiger partial charge in [-0.1, -0.05) is 13.8 Å². The highest BCUT2D eigenvalue weighted by Gasteiger charge is 2.27. The molecule has 0 bridgehead atoms. The summed E-state index contributed by atoms with van der Waals surface area (Å²) in [5, 5.41) is 16.4. The molecule has 0 radical (unpaired) electrons. The minimum Gasteiger partial charge on any atom is -0.362 e. The number of primary sulfonamides is 1. The Bertz CT molecular complexity index is 786. The van der Waals surface area contributed by atoms with E-state index < -0.39 is 14.9 Å². The smallest absolute Gasteiger partial charge is 0.293 e. The molecule has 0 aliphatic carbocycles. The van der Waals surface area contributed by atoms with E-state index in [2.05, 4.69) is 13.8 Å². The Morgan fingerprint density at radius 2 is 1.88 bits per heavy atom. The van der Waals surface area contributed by atoms with E-state index in [-0.39, 0.29) is 16.5 Å². The number of nitro groups is 1. The molecule has 1 saturated heterocycles. The van der Waals surface area contributed by atoms with E-state index in [1.54, 1.807) is 9.80 Å². The summed E-state index contributed by atoms with van der Waals surface area (Å²) in [6, 6.07) is 3.64. The predicted molar refractivity (Wildman–Crippen MR) is 97.3 cm³/mol. The van der Waals surface area contributed by atoms with E-state index in [0.29, 0.717) is 44.2 Å². The van der Waals surface area contributed by atoms with Crippen molar-refractivity contribution in [2.75, 3.05) is 31.1 Å². The Labute approximate surface area is 153 Å². The van der Waals surface area contributed by atoms with Gasteiger partial charge in [-0.2, -0.15) is 0 Å². The fourth-order valence-electron chi connectivity index (χ4n) is 2.86. The average molecular weight is 384 g/mol. The third-order valence-electron chi connectivity index (χ3n) is 4.38. The van der Waals surface area contributed by atoms with Crippen molar-refractivity contribution in [2.24, 2.45) is 11.1 Å². The summed E-state index contributed by atoms with van der Waals surface area (Å²) < 4.78 is 22.8. The Balaban J connectivity index is 2.11. The summed E-state index contributed by atoms with van der Waals surface area (Å²) in [6.45, 7) is 5.98. The number of anilines is 1. The van der Waals surface area contributed by atoms with Crippen LogP contribution in [0.15, 0.2) is 23.1 Å². The van der Waals surface area contributed by atoms with Gasteiger partial charge in [-0.25, -0.2) is 13.6 Å². The first kappa shape index (κ1) is 20.1. The zero-order chi connectivity index (χ0) is 19.5. The molecule has 0 spiro atoms. The minimum absolute atomic E-state index is 0.0948. The van der Waals surface area contributed by atoms with Crippen molar-refractivity contribution in [1.82, 2.24) is 4.90 Å². The van der Waals surface area contributed by atoms with Crippen molar-refractivity contribution in [3.05, 3.63) is 28.3 Å². The van der Waals surface area contributed by atoms with Crippen LogP contribution >= 0.6 is 0 Å². The van der Waals surface area contributed by atoms with Gasteiger partial charge in [-0.05, 0) is 24.5 Å². The molecular formula is C16H24N4O5S. The van der Waals surface area contributed by atoms with Gasteiger partial charge < -0.3 is 9.80 Å². The van der Waals surface area contributed by atoms with Crippen LogP contribution in [0, 0.1) is 16.0 Å². The van der Waals surface area contributed by atoms with E-state index in [0.717, 1.165) is 12.5 Å². The third-order valence-corrected chi connectivity index (χ3v) is 5.29. The molecule has 1 aromatic carbocycles. The average Bonchev–Trinajstić information content (AvgIpc) is 2.58. The van der Waals surface area contributed by atoms with Crippen molar-refractivity contribution in [2.45, 2.75) is 31.6 Å². The molecule has 10 heteroatoms. The summed E-state index contributed by atoms with van der Waals surface area (Å²) in [6.07, 6.45) is 1.33. The second-order valence-corrected chi connectivity index (χ2v) is 8.31. The van der Waals surface area contributed by atoms with Crippen molar-refractivity contribution >= 4 is 27.3 Å². The lowest BCUT2D eigenvalue weighted by atomic mass is 10.1. The van der Waals surface area contributed by atoms with Crippen LogP contribution in [0.3, 0.4) is 0 Å². The maximum atomic E-state index is 12.2. The van der Waals surface area contributed by atoms with Gasteiger partial charge in [0.05, 0.1) is 9.82 Å². The number of amides is 1. The van der Waals surface area contributed by atoms with E-state index in [1.165, 1.54) is 12.1 Å². The first-order chi connectivity index (χ1) is 12.1. The van der Waals surface area contributed by atoms with Crippen LogP contribution in [-0.2, 0) is 14.8 Å². The number of sulfonamides is 1. The van der Waals surface area contributed by atoms with Crippen LogP contribution in [0.1, 0.15) is 26.7 Å². The summed E-state index contributed by atoms with van der Waals surface area (Å²) in [7, 11) is -4.02. The lowest BCUT2D eigenvalue weighted by Gasteiger charge is -2.36. The van der Waals surface area contributed by atoms with E-state index in [9.17, 15) is 23.3 Å². The molecule has 2 rings (SSSR count). The standard InChI is InChI=1S/C16H24N4O5S/c1-12(2)3-6-16(21)19-9-7-18(8-10-19)14-5-4-13(26(17,24)25)11-15(14)20(22)23/h4-5,11-12H,3,6-10H2,1-2H3,(H2,17,24,25). The number of nitrogens with two attached hydrogens (primary N) is 1. The van der Waals surface area contributed by atoms with Gasteiger partial charge in [-0.15, -0.1) is 0 Å². The summed E-state index contributed by atoms with van der Waals surface area (Å²) in [4.78, 5) is 26.2. The molecule has 1 heterocycles. The molecular weight excluding hydrogens is 360 g/mol. The van der Waals surface area contributed by atoms with Crippen molar-refractivity contribution < 1.29 is 18.1 Å². The van der Waals surface area contributed by atoms with Gasteiger partial charge in [0.25, 0.3) is 5.69 Å². The first-order valence-corrected chi connectivity index (χ1v) is 9.98. The monoisotopic (exact) mass is 384 g/mol. The quantitative estimate of drug-likeness (QED) is 0.582. The van der Waals surface area contributed by atoms with E-state index >= 15 is 0 Å². The molecule has 0 atom stereocenters. The largest absolute Gasteiger partial charge is 0.362 e. The van der Waals surface area contributed by atoms with Crippen LogP contribution in [0.25, 0.3) is 0 Å². The number of carbonyl (C=O) groups is 1. The van der Waals surface area contributed by atoms with Crippen molar-refractivity contribution in [1.29, 1.82) is 0 Å². The van der Waals surface area contributed by atoms with Crippen LogP contribution in [-0.4, -0.2) is 50.3 Å². The lowest BCUT2D eigenvalue weighted by molar-refractivity contribution is -0.384. The Morgan fingerprint density at radius 1 is 1.27 bits per heavy atom. The zero-order valence-electron chi connectivity index (χ0n) is 14.9. The molecule has 9 nitrogen and oxygen atoms in total. The van der Waals surface area contributed by atoms with Gasteiger partial charge in [-0.3, -0.25) is 14.9 Å². The molecule has 26 heavy (non-hydrogen) atoms. The summed E-state index contributed by atoms with van der Waals surface area (Å²) >= 11 is 0. The third kappa shape index (κ3) is 4.92. The molecule has 0 saturated carbocycles. The number of rotatable bonds is 6. The predicted octanol–water partition coefficient (Wildman–Crippen LogP) is 1.33. The summed E-state index contributed by atoms with van der Waals surface area (Å²) in [5.41, 5.74) is 0.0211. The van der Waals surface area contributed by atoms with Crippen molar-refractivity contribution in [3.63, 3.8) is 0 Å². The topological polar surface area (TPSA) is 127 Å². The van der Waals surface area contributed by atoms with Crippen LogP contribution in [0.2, 0.25) is 0 Å². The number of hydrogen-bond donors (Lipinski definition) is 1. The number of hydrogen-bond acceptors (Lipinski definition) is 6. The highest BCUT2D eigenvalue weighted by Crippen LogP contribution is 2.31. The number of benzene rings is 1. The first-order valence-electron chi connectivity index (χ1n) is 8.43. The van der Waals surface area contributed by atoms with E-state index in [1.807, 2.05) is 0 Å². The zero-order valence-corrected chi connectivity index (χ0v) is 15.7. The Kier molecular flexibility index (Phi) is 6.19. The maximum Gasteiger partial charge on any atom is 0.293 e. The molecule has 1 fully saturated rings. The SMILES string of the molecule is CC(C)CCC(=O)N1CCN(c2ccc(S(N)(=O)=O)cc2[N+](=O)[O-])CC1. The molecule has 1 amide bonds. The second-order valence-electron chi connectivity index (χ2n) is 6.75. The van der Waals surface area contributed by atoms with Gasteiger partial charge in [0, 0.05) is 38.7 Å². The molecule has 0 aromatic heterocycles. The van der Waals surface area contributed by atoms with Crippen LogP contribution < -0.4 is 10.0 Å². The Hall–Kier alpha value is -2.20. The minimum atomic E-state index is -4.02. The molecule has 1 aromatic rings. The van der Waals surface area contributed by atoms with Gasteiger partial charge in [0.2, 0.25) is 15.9 Å². The second kappa shape index (κ2) is 8.00. The highest BCUT2D eigenvalue weighted by molar-refractivity contribution is 7.89. The number of carbonyl (C=O) groups excluding carboxylic acids is 1. The Morgan fingerprint density at radius 3 is 2.38 bits per heavy atom. The molecule has 2 N–H and O–H groups in total. The fourth-order valence-corrected chi connectivity index (χ4v) is 3.39. The van der Waals surface area contributed by atoms with Gasteiger partial charge >= 0.3 is 0 Å². The summed E-state index contributed by atoms with van der Waals surface area (Å²) in [5.74, 6) is 0.553. The molecule has 1 aliphatic heterocycles. The molecule has 144 valence electrons. The number of nitro benzene ring substituents is 1. The van der Waals surface area contributed by atoms with Crippen LogP contribution in [0.5, 0.6) is 0 Å². The van der Waals surface area contributed by atoms with Gasteiger partial charge in [0.15, 0.2) is 0 Å². The lowest BCUT2D eigenvalue weighted by Crippen LogP contribution is -2.49. The molecule has 0 unspecified atom stereocenters. The van der Waals surface area contributed by atoms with E-state index in [4.69, 9.17) is 5.14 Å². The van der Waals surface area contributed by atoms with Crippen molar-refractivity contribution in [3.8, 4) is 0 Å². The van der Waals surface area contributed by atoms with Crippen LogP contribution in [0.4, 0.5) is 11.4 Å². The highest BCUT2D eigenvalue weighted by atomic mass is 32.2. The number of nitrogens with zero attached hydrogens (tertiary/aromatic N) is 3. The molecule has 1 aliphatic rings. The number of piperazine rings is 1. The fraction of sp³-hybridized carbons (Fsp3) is 0.562. The maximum absolute atomic E-state index is 12.2.